The van der Waals surface area contributed by atoms with Gasteiger partial charge in [0, 0.05) is 16.8 Å². The lowest BCUT2D eigenvalue weighted by Gasteiger charge is -2.38. The normalized spacial score (nSPS) is 33.6. The molecule has 2 aromatic carbocycles. The molecule has 0 radical (unpaired) electrons. The number of fused-ring (bicyclic) bond motifs is 3. The van der Waals surface area contributed by atoms with Crippen LogP contribution >= 0.6 is 7.14 Å². The van der Waals surface area contributed by atoms with Crippen molar-refractivity contribution in [1.29, 1.82) is 0 Å². The van der Waals surface area contributed by atoms with E-state index in [4.69, 9.17) is 23.7 Å². The van der Waals surface area contributed by atoms with Gasteiger partial charge < -0.3 is 28.2 Å². The van der Waals surface area contributed by atoms with Crippen molar-refractivity contribution in [3.63, 3.8) is 0 Å². The van der Waals surface area contributed by atoms with Crippen LogP contribution in [-0.4, -0.2) is 48.4 Å². The number of benzene rings is 2. The summed E-state index contributed by atoms with van der Waals surface area (Å²) in [6.45, 7) is 7.48. The van der Waals surface area contributed by atoms with Crippen LogP contribution in [0.25, 0.3) is 0 Å². The van der Waals surface area contributed by atoms with Crippen LogP contribution in [0.2, 0.25) is 0 Å². The number of hydrogen-bond donors (Lipinski definition) is 0. The third-order valence-corrected chi connectivity index (χ3v) is 9.17. The molecular formula is C24H29O6P. The summed E-state index contributed by atoms with van der Waals surface area (Å²) in [7, 11) is -3.01. The first-order valence-electron chi connectivity index (χ1n) is 10.7. The van der Waals surface area contributed by atoms with Gasteiger partial charge in [0.2, 0.25) is 0 Å². The van der Waals surface area contributed by atoms with Crippen LogP contribution in [-0.2, 0) is 28.2 Å². The summed E-state index contributed by atoms with van der Waals surface area (Å²) in [6, 6.07) is 19.2. The molecule has 3 fully saturated rings. The first kappa shape index (κ1) is 21.3. The van der Waals surface area contributed by atoms with Crippen LogP contribution in [0.1, 0.15) is 27.7 Å². The molecule has 0 unspecified atom stereocenters. The second-order valence-corrected chi connectivity index (χ2v) is 12.2. The van der Waals surface area contributed by atoms with E-state index in [-0.39, 0.29) is 12.3 Å². The largest absolute Gasteiger partial charge is 0.343 e. The van der Waals surface area contributed by atoms with Crippen LogP contribution in [0.4, 0.5) is 0 Å². The van der Waals surface area contributed by atoms with Crippen molar-refractivity contribution in [1.82, 2.24) is 0 Å². The van der Waals surface area contributed by atoms with Crippen molar-refractivity contribution in [2.75, 3.05) is 6.16 Å². The molecule has 0 amide bonds. The summed E-state index contributed by atoms with van der Waals surface area (Å²) in [5.41, 5.74) is 0. The molecule has 7 heteroatoms. The third-order valence-electron chi connectivity index (χ3n) is 6.03. The van der Waals surface area contributed by atoms with Crippen molar-refractivity contribution in [2.45, 2.75) is 70.0 Å². The highest BCUT2D eigenvalue weighted by molar-refractivity contribution is 7.78. The van der Waals surface area contributed by atoms with Crippen LogP contribution < -0.4 is 10.6 Å². The lowest BCUT2D eigenvalue weighted by atomic mass is 10.00. The van der Waals surface area contributed by atoms with Gasteiger partial charge >= 0.3 is 0 Å². The average molecular weight is 444 g/mol. The Hall–Kier alpha value is -1.53. The summed E-state index contributed by atoms with van der Waals surface area (Å²) >= 11 is 0. The fourth-order valence-corrected chi connectivity index (χ4v) is 7.62. The van der Waals surface area contributed by atoms with E-state index >= 15 is 0 Å². The average Bonchev–Trinajstić information content (AvgIpc) is 3.23. The lowest BCUT2D eigenvalue weighted by Crippen LogP contribution is -2.56. The Morgan fingerprint density at radius 3 is 1.77 bits per heavy atom. The Balaban J connectivity index is 1.53. The smallest absolute Gasteiger partial charge is 0.190 e. The highest BCUT2D eigenvalue weighted by atomic mass is 31.2. The lowest BCUT2D eigenvalue weighted by molar-refractivity contribution is -0.228. The molecule has 5 atom stereocenters. The Bertz CT molecular complexity index is 933. The fourth-order valence-electron chi connectivity index (χ4n) is 4.79. The van der Waals surface area contributed by atoms with Crippen LogP contribution in [0.15, 0.2) is 60.7 Å². The zero-order chi connectivity index (χ0) is 21.9. The van der Waals surface area contributed by atoms with Crippen molar-refractivity contribution < 1.29 is 28.2 Å². The molecule has 0 aromatic heterocycles. The molecular weight excluding hydrogens is 415 g/mol. The Kier molecular flexibility index (Phi) is 5.17. The highest BCUT2D eigenvalue weighted by Crippen LogP contribution is 2.50. The molecule has 0 saturated carbocycles. The van der Waals surface area contributed by atoms with Gasteiger partial charge in [0.1, 0.15) is 25.5 Å². The minimum Gasteiger partial charge on any atom is -0.343 e. The zero-order valence-corrected chi connectivity index (χ0v) is 19.2. The van der Waals surface area contributed by atoms with Gasteiger partial charge in [0.05, 0.1) is 6.10 Å². The highest BCUT2D eigenvalue weighted by Gasteiger charge is 2.61. The predicted octanol–water partition coefficient (Wildman–Crippen LogP) is 3.40. The van der Waals surface area contributed by atoms with Gasteiger partial charge in [-0.1, -0.05) is 60.7 Å². The first-order valence-corrected chi connectivity index (χ1v) is 12.6. The van der Waals surface area contributed by atoms with Crippen molar-refractivity contribution in [2.24, 2.45) is 0 Å². The van der Waals surface area contributed by atoms with Gasteiger partial charge in [-0.15, -0.1) is 0 Å². The summed E-state index contributed by atoms with van der Waals surface area (Å²) in [6.07, 6.45) is -1.95. The number of ether oxygens (including phenoxy) is 5. The van der Waals surface area contributed by atoms with Crippen LogP contribution in [0.5, 0.6) is 0 Å². The molecule has 0 spiro atoms. The maximum Gasteiger partial charge on any atom is 0.190 e. The van der Waals surface area contributed by atoms with Gasteiger partial charge in [-0.05, 0) is 27.7 Å². The van der Waals surface area contributed by atoms with E-state index < -0.39 is 43.3 Å². The molecule has 5 rings (SSSR count). The quantitative estimate of drug-likeness (QED) is 0.674. The minimum absolute atomic E-state index is 0.286. The molecule has 31 heavy (non-hydrogen) atoms. The van der Waals surface area contributed by atoms with Crippen molar-refractivity contribution in [3.05, 3.63) is 60.7 Å². The van der Waals surface area contributed by atoms with E-state index in [1.807, 2.05) is 88.4 Å². The van der Waals surface area contributed by atoms with E-state index in [0.717, 1.165) is 10.6 Å². The zero-order valence-electron chi connectivity index (χ0n) is 18.3. The molecule has 2 aromatic rings. The Labute approximate surface area is 183 Å². The summed E-state index contributed by atoms with van der Waals surface area (Å²) in [5, 5.41) is 1.59. The summed E-state index contributed by atoms with van der Waals surface area (Å²) in [4.78, 5) is 0. The number of hydrogen-bond acceptors (Lipinski definition) is 6. The van der Waals surface area contributed by atoms with E-state index in [0.29, 0.717) is 0 Å². The monoisotopic (exact) mass is 444 g/mol. The van der Waals surface area contributed by atoms with Crippen LogP contribution in [0, 0.1) is 0 Å². The van der Waals surface area contributed by atoms with E-state index in [1.54, 1.807) is 0 Å². The molecule has 166 valence electrons. The summed E-state index contributed by atoms with van der Waals surface area (Å²) in [5.74, 6) is -1.57. The molecule has 3 heterocycles. The maximum atomic E-state index is 14.6. The van der Waals surface area contributed by atoms with Crippen LogP contribution in [0.3, 0.4) is 0 Å². The topological polar surface area (TPSA) is 63.2 Å². The number of rotatable bonds is 4. The Morgan fingerprint density at radius 2 is 1.19 bits per heavy atom. The van der Waals surface area contributed by atoms with E-state index in [9.17, 15) is 4.57 Å². The van der Waals surface area contributed by atoms with Gasteiger partial charge in [-0.3, -0.25) is 0 Å². The van der Waals surface area contributed by atoms with E-state index in [2.05, 4.69) is 0 Å². The SMILES string of the molecule is CC1(C)O[C@H]2[C@@H](O1)[C@@H](CP(=O)(c1ccccc1)c1ccccc1)O[C@@H]1OC(C)(C)O[C@@H]12. The predicted molar refractivity (Wildman–Crippen MR) is 117 cm³/mol. The van der Waals surface area contributed by atoms with Gasteiger partial charge in [-0.25, -0.2) is 0 Å². The molecule has 3 aliphatic heterocycles. The second kappa shape index (κ2) is 7.51. The summed E-state index contributed by atoms with van der Waals surface area (Å²) < 4.78 is 45.5. The van der Waals surface area contributed by atoms with Gasteiger partial charge in [0.25, 0.3) is 0 Å². The molecule has 0 bridgehead atoms. The third kappa shape index (κ3) is 3.91. The van der Waals surface area contributed by atoms with Gasteiger partial charge in [0.15, 0.2) is 17.9 Å². The van der Waals surface area contributed by atoms with Crippen molar-refractivity contribution >= 4 is 17.8 Å². The van der Waals surface area contributed by atoms with Crippen molar-refractivity contribution in [3.8, 4) is 0 Å². The Morgan fingerprint density at radius 1 is 0.710 bits per heavy atom. The minimum atomic E-state index is -3.01. The molecule has 3 aliphatic rings. The molecule has 6 nitrogen and oxygen atoms in total. The maximum absolute atomic E-state index is 14.6. The van der Waals surface area contributed by atoms with E-state index in [1.165, 1.54) is 0 Å². The molecule has 3 saturated heterocycles. The van der Waals surface area contributed by atoms with Gasteiger partial charge in [-0.2, -0.15) is 0 Å². The fraction of sp³-hybridized carbons (Fsp3) is 0.500. The first-order chi connectivity index (χ1) is 14.7. The standard InChI is InChI=1S/C24H29O6P/c1-23(2)27-19-18(26-22-21(20(19)28-23)29-24(3,4)30-22)15-31(25,16-11-7-5-8-12-16)17-13-9-6-10-14-17/h5-14,18-22H,15H2,1-4H3/t18-,19+,20+,21-,22-/m1/s1. The second-order valence-electron chi connectivity index (χ2n) is 9.30. The molecule has 0 aliphatic carbocycles. The molecule has 0 N–H and O–H groups in total.